The first-order valence-electron chi connectivity index (χ1n) is 6.42. The molecular formula is C13H28N2O. The van der Waals surface area contributed by atoms with Crippen LogP contribution in [0.3, 0.4) is 0 Å². The van der Waals surface area contributed by atoms with Gasteiger partial charge < -0.3 is 15.0 Å². The van der Waals surface area contributed by atoms with Crippen LogP contribution < -0.4 is 5.32 Å². The van der Waals surface area contributed by atoms with Crippen LogP contribution in [0.2, 0.25) is 0 Å². The van der Waals surface area contributed by atoms with Crippen molar-refractivity contribution < 1.29 is 4.74 Å². The molecule has 0 aromatic heterocycles. The third-order valence-corrected chi connectivity index (χ3v) is 4.04. The van der Waals surface area contributed by atoms with Crippen molar-refractivity contribution in [3.8, 4) is 0 Å². The van der Waals surface area contributed by atoms with Gasteiger partial charge in [0.25, 0.3) is 0 Å². The van der Waals surface area contributed by atoms with Crippen LogP contribution >= 0.6 is 0 Å². The van der Waals surface area contributed by atoms with Crippen LogP contribution in [0.15, 0.2) is 0 Å². The maximum absolute atomic E-state index is 5.40. The van der Waals surface area contributed by atoms with E-state index in [4.69, 9.17) is 4.74 Å². The predicted octanol–water partition coefficient (Wildman–Crippen LogP) is 1.73. The van der Waals surface area contributed by atoms with E-state index in [1.54, 1.807) is 0 Å². The fourth-order valence-electron chi connectivity index (χ4n) is 1.95. The first-order chi connectivity index (χ1) is 7.43. The highest BCUT2D eigenvalue weighted by molar-refractivity contribution is 4.83. The number of hydrogen-bond acceptors (Lipinski definition) is 3. The number of ether oxygens (including phenoxy) is 1. The minimum atomic E-state index is 0.222. The molecule has 0 bridgehead atoms. The molecule has 0 amide bonds. The number of rotatable bonds is 5. The monoisotopic (exact) mass is 228 g/mol. The van der Waals surface area contributed by atoms with Gasteiger partial charge in [0.15, 0.2) is 0 Å². The zero-order valence-electron chi connectivity index (χ0n) is 11.5. The SMILES string of the molecule is CC(NCC(C)(C)N(C)C)C1CCOCC1. The van der Waals surface area contributed by atoms with Crippen molar-refractivity contribution in [1.29, 1.82) is 0 Å². The second kappa shape index (κ2) is 5.99. The molecule has 0 spiro atoms. The van der Waals surface area contributed by atoms with Gasteiger partial charge in [-0.2, -0.15) is 0 Å². The molecule has 3 nitrogen and oxygen atoms in total. The second-order valence-electron chi connectivity index (χ2n) is 5.83. The van der Waals surface area contributed by atoms with Crippen LogP contribution in [-0.2, 0) is 4.74 Å². The maximum Gasteiger partial charge on any atom is 0.0469 e. The summed E-state index contributed by atoms with van der Waals surface area (Å²) in [6.45, 7) is 9.77. The first kappa shape index (κ1) is 13.9. The molecule has 1 saturated heterocycles. The Morgan fingerprint density at radius 1 is 1.31 bits per heavy atom. The van der Waals surface area contributed by atoms with Crippen molar-refractivity contribution >= 4 is 0 Å². The molecule has 1 atom stereocenters. The van der Waals surface area contributed by atoms with Gasteiger partial charge in [-0.1, -0.05) is 0 Å². The Morgan fingerprint density at radius 3 is 2.38 bits per heavy atom. The van der Waals surface area contributed by atoms with Crippen LogP contribution in [0.4, 0.5) is 0 Å². The highest BCUT2D eigenvalue weighted by Gasteiger charge is 2.24. The average molecular weight is 228 g/mol. The Hall–Kier alpha value is -0.120. The summed E-state index contributed by atoms with van der Waals surface area (Å²) in [5, 5.41) is 3.68. The molecular weight excluding hydrogens is 200 g/mol. The van der Waals surface area contributed by atoms with Crippen molar-refractivity contribution in [1.82, 2.24) is 10.2 Å². The third-order valence-electron chi connectivity index (χ3n) is 4.04. The minimum Gasteiger partial charge on any atom is -0.381 e. The molecule has 1 fully saturated rings. The third kappa shape index (κ3) is 4.04. The summed E-state index contributed by atoms with van der Waals surface area (Å²) < 4.78 is 5.40. The molecule has 1 aliphatic heterocycles. The molecule has 0 saturated carbocycles. The Bertz CT molecular complexity index is 198. The van der Waals surface area contributed by atoms with Crippen molar-refractivity contribution in [2.75, 3.05) is 33.9 Å². The van der Waals surface area contributed by atoms with E-state index in [2.05, 4.69) is 45.1 Å². The smallest absolute Gasteiger partial charge is 0.0469 e. The standard InChI is InChI=1S/C13H28N2O/c1-11(12-6-8-16-9-7-12)14-10-13(2,3)15(4)5/h11-12,14H,6-10H2,1-5H3. The molecule has 0 aliphatic carbocycles. The van der Waals surface area contributed by atoms with Gasteiger partial charge in [0.1, 0.15) is 0 Å². The lowest BCUT2D eigenvalue weighted by molar-refractivity contribution is 0.0537. The zero-order chi connectivity index (χ0) is 12.2. The predicted molar refractivity (Wildman–Crippen MR) is 68.8 cm³/mol. The normalized spacial score (nSPS) is 21.4. The van der Waals surface area contributed by atoms with E-state index in [0.717, 1.165) is 25.7 Å². The van der Waals surface area contributed by atoms with Gasteiger partial charge in [0.2, 0.25) is 0 Å². The lowest BCUT2D eigenvalue weighted by Gasteiger charge is -2.36. The van der Waals surface area contributed by atoms with Gasteiger partial charge in [0.05, 0.1) is 0 Å². The molecule has 0 radical (unpaired) electrons. The summed E-state index contributed by atoms with van der Waals surface area (Å²) >= 11 is 0. The highest BCUT2D eigenvalue weighted by Crippen LogP contribution is 2.19. The summed E-state index contributed by atoms with van der Waals surface area (Å²) in [4.78, 5) is 2.27. The molecule has 1 rings (SSSR count). The van der Waals surface area contributed by atoms with Crippen LogP contribution in [0, 0.1) is 5.92 Å². The summed E-state index contributed by atoms with van der Waals surface area (Å²) in [5.74, 6) is 0.784. The van der Waals surface area contributed by atoms with E-state index in [9.17, 15) is 0 Å². The van der Waals surface area contributed by atoms with Crippen molar-refractivity contribution in [2.24, 2.45) is 5.92 Å². The lowest BCUT2D eigenvalue weighted by Crippen LogP contribution is -2.50. The number of nitrogens with one attached hydrogen (secondary N) is 1. The minimum absolute atomic E-state index is 0.222. The van der Waals surface area contributed by atoms with Crippen molar-refractivity contribution in [3.63, 3.8) is 0 Å². The number of hydrogen-bond donors (Lipinski definition) is 1. The van der Waals surface area contributed by atoms with Gasteiger partial charge in [0, 0.05) is 31.3 Å². The van der Waals surface area contributed by atoms with Gasteiger partial charge in [-0.3, -0.25) is 0 Å². The zero-order valence-corrected chi connectivity index (χ0v) is 11.5. The van der Waals surface area contributed by atoms with Crippen LogP contribution in [-0.4, -0.2) is 50.3 Å². The van der Waals surface area contributed by atoms with Gasteiger partial charge in [-0.15, -0.1) is 0 Å². The highest BCUT2D eigenvalue weighted by atomic mass is 16.5. The molecule has 96 valence electrons. The molecule has 1 aliphatic rings. The van der Waals surface area contributed by atoms with Gasteiger partial charge >= 0.3 is 0 Å². The van der Waals surface area contributed by atoms with E-state index in [-0.39, 0.29) is 5.54 Å². The van der Waals surface area contributed by atoms with E-state index < -0.39 is 0 Å². The molecule has 1 unspecified atom stereocenters. The fourth-order valence-corrected chi connectivity index (χ4v) is 1.95. The Morgan fingerprint density at radius 2 is 1.88 bits per heavy atom. The molecule has 3 heteroatoms. The molecule has 1 N–H and O–H groups in total. The Labute approximate surface area is 101 Å². The summed E-state index contributed by atoms with van der Waals surface area (Å²) in [6, 6.07) is 0.600. The van der Waals surface area contributed by atoms with E-state index >= 15 is 0 Å². The summed E-state index contributed by atoms with van der Waals surface area (Å²) in [6.07, 6.45) is 2.41. The van der Waals surface area contributed by atoms with E-state index in [1.807, 2.05) is 0 Å². The molecule has 0 aromatic rings. The maximum atomic E-state index is 5.40. The molecule has 1 heterocycles. The molecule has 0 aromatic carbocycles. The second-order valence-corrected chi connectivity index (χ2v) is 5.83. The summed E-state index contributed by atoms with van der Waals surface area (Å²) in [7, 11) is 4.28. The van der Waals surface area contributed by atoms with E-state index in [1.165, 1.54) is 12.8 Å². The van der Waals surface area contributed by atoms with Gasteiger partial charge in [-0.05, 0) is 53.6 Å². The van der Waals surface area contributed by atoms with Crippen LogP contribution in [0.25, 0.3) is 0 Å². The van der Waals surface area contributed by atoms with Crippen molar-refractivity contribution in [2.45, 2.75) is 45.2 Å². The van der Waals surface area contributed by atoms with Gasteiger partial charge in [-0.25, -0.2) is 0 Å². The van der Waals surface area contributed by atoms with Crippen LogP contribution in [0.1, 0.15) is 33.6 Å². The fraction of sp³-hybridized carbons (Fsp3) is 1.00. The van der Waals surface area contributed by atoms with E-state index in [0.29, 0.717) is 6.04 Å². The topological polar surface area (TPSA) is 24.5 Å². The average Bonchev–Trinajstić information content (AvgIpc) is 2.27. The number of nitrogens with zero attached hydrogens (tertiary/aromatic N) is 1. The summed E-state index contributed by atoms with van der Waals surface area (Å²) in [5.41, 5.74) is 0.222. The van der Waals surface area contributed by atoms with Crippen LogP contribution in [0.5, 0.6) is 0 Å². The lowest BCUT2D eigenvalue weighted by atomic mass is 9.92. The largest absolute Gasteiger partial charge is 0.381 e. The molecule has 16 heavy (non-hydrogen) atoms. The Balaban J connectivity index is 2.31. The Kier molecular flexibility index (Phi) is 5.22. The van der Waals surface area contributed by atoms with Crippen molar-refractivity contribution in [3.05, 3.63) is 0 Å². The first-order valence-corrected chi connectivity index (χ1v) is 6.42. The quantitative estimate of drug-likeness (QED) is 0.775. The number of likely N-dealkylation sites (N-methyl/N-ethyl adjacent to an activating group) is 1.